The quantitative estimate of drug-likeness (QED) is 0.718. The zero-order valence-corrected chi connectivity index (χ0v) is 12.5. The highest BCUT2D eigenvalue weighted by Gasteiger charge is 2.14. The molecular formula is C16H26NO2. The molecule has 107 valence electrons. The van der Waals surface area contributed by atoms with Crippen LogP contribution in [0.15, 0.2) is 0 Å². The minimum absolute atomic E-state index is 0.292. The van der Waals surface area contributed by atoms with Crippen LogP contribution in [-0.2, 0) is 6.42 Å². The van der Waals surface area contributed by atoms with E-state index >= 15 is 0 Å². The maximum absolute atomic E-state index is 10.1. The van der Waals surface area contributed by atoms with Gasteiger partial charge in [-0.05, 0) is 26.7 Å². The molecule has 0 atom stereocenters. The number of hydrogen-bond acceptors (Lipinski definition) is 3. The van der Waals surface area contributed by atoms with Gasteiger partial charge in [-0.3, -0.25) is 4.98 Å². The molecule has 0 fully saturated rings. The number of pyridine rings is 1. The molecule has 0 spiro atoms. The van der Waals surface area contributed by atoms with Crippen LogP contribution in [0.3, 0.4) is 0 Å². The first kappa shape index (κ1) is 15.8. The first-order chi connectivity index (χ1) is 9.11. The van der Waals surface area contributed by atoms with Gasteiger partial charge in [0.25, 0.3) is 0 Å². The normalized spacial score (nSPS) is 10.7. The van der Waals surface area contributed by atoms with Crippen LogP contribution in [0.2, 0.25) is 0 Å². The van der Waals surface area contributed by atoms with E-state index in [1.54, 1.807) is 7.11 Å². The Morgan fingerprint density at radius 2 is 1.74 bits per heavy atom. The van der Waals surface area contributed by atoms with Crippen molar-refractivity contribution < 1.29 is 9.84 Å². The van der Waals surface area contributed by atoms with E-state index in [1.165, 1.54) is 25.7 Å². The maximum Gasteiger partial charge on any atom is 0.146 e. The van der Waals surface area contributed by atoms with Gasteiger partial charge in [0.05, 0.1) is 18.5 Å². The Bertz CT molecular complexity index is 402. The smallest absolute Gasteiger partial charge is 0.146 e. The van der Waals surface area contributed by atoms with Gasteiger partial charge in [-0.1, -0.05) is 39.0 Å². The lowest BCUT2D eigenvalue weighted by Crippen LogP contribution is -2.00. The first-order valence-corrected chi connectivity index (χ1v) is 7.14. The highest BCUT2D eigenvalue weighted by molar-refractivity contribution is 5.47. The van der Waals surface area contributed by atoms with Crippen LogP contribution in [-0.4, -0.2) is 17.2 Å². The van der Waals surface area contributed by atoms with E-state index < -0.39 is 0 Å². The van der Waals surface area contributed by atoms with Gasteiger partial charge >= 0.3 is 0 Å². The molecule has 0 saturated heterocycles. The van der Waals surface area contributed by atoms with Crippen LogP contribution >= 0.6 is 0 Å². The van der Waals surface area contributed by atoms with Gasteiger partial charge in [-0.2, -0.15) is 0 Å². The summed E-state index contributed by atoms with van der Waals surface area (Å²) in [5.41, 5.74) is 2.44. The zero-order chi connectivity index (χ0) is 14.3. The lowest BCUT2D eigenvalue weighted by molar-refractivity contribution is 0.393. The van der Waals surface area contributed by atoms with E-state index in [0.29, 0.717) is 11.5 Å². The molecule has 1 rings (SSSR count). The SMILES string of the molecule is [CH2]CCCCCCCc1nc(C)c(OC)c(C)c1O. The molecule has 19 heavy (non-hydrogen) atoms. The molecule has 0 bridgehead atoms. The number of ether oxygens (including phenoxy) is 1. The second-order valence-electron chi connectivity index (χ2n) is 5.02. The highest BCUT2D eigenvalue weighted by Crippen LogP contribution is 2.32. The minimum Gasteiger partial charge on any atom is -0.506 e. The second-order valence-corrected chi connectivity index (χ2v) is 5.02. The Balaban J connectivity index is 2.55. The molecule has 1 aromatic rings. The number of aromatic hydroxyl groups is 1. The molecule has 0 unspecified atom stereocenters. The summed E-state index contributed by atoms with van der Waals surface area (Å²) in [5, 5.41) is 10.1. The Hall–Kier alpha value is -1.25. The van der Waals surface area contributed by atoms with Crippen LogP contribution in [0, 0.1) is 20.8 Å². The fourth-order valence-corrected chi connectivity index (χ4v) is 2.38. The van der Waals surface area contributed by atoms with Crippen molar-refractivity contribution in [3.8, 4) is 11.5 Å². The molecule has 1 radical (unpaired) electrons. The van der Waals surface area contributed by atoms with Crippen molar-refractivity contribution in [1.29, 1.82) is 0 Å². The molecule has 0 aliphatic carbocycles. The summed E-state index contributed by atoms with van der Waals surface area (Å²) in [7, 11) is 1.61. The molecule has 0 saturated carbocycles. The van der Waals surface area contributed by atoms with Crippen LogP contribution < -0.4 is 4.74 Å². The first-order valence-electron chi connectivity index (χ1n) is 7.14. The summed E-state index contributed by atoms with van der Waals surface area (Å²) < 4.78 is 5.25. The third kappa shape index (κ3) is 4.41. The number of unbranched alkanes of at least 4 members (excludes halogenated alkanes) is 5. The Morgan fingerprint density at radius 3 is 2.37 bits per heavy atom. The third-order valence-corrected chi connectivity index (χ3v) is 3.47. The maximum atomic E-state index is 10.1. The molecule has 1 heterocycles. The average molecular weight is 264 g/mol. The molecule has 3 heteroatoms. The van der Waals surface area contributed by atoms with Gasteiger partial charge in [0.2, 0.25) is 0 Å². The van der Waals surface area contributed by atoms with Crippen molar-refractivity contribution in [1.82, 2.24) is 4.98 Å². The van der Waals surface area contributed by atoms with Gasteiger partial charge in [0, 0.05) is 5.56 Å². The fourth-order valence-electron chi connectivity index (χ4n) is 2.38. The summed E-state index contributed by atoms with van der Waals surface area (Å²) in [4.78, 5) is 4.45. The largest absolute Gasteiger partial charge is 0.506 e. The standard InChI is InChI=1S/C16H26NO2/c1-5-6-7-8-9-10-11-14-15(18)12(2)16(19-4)13(3)17-14/h18H,1,5-11H2,2-4H3. The molecular weight excluding hydrogens is 238 g/mol. The number of aromatic nitrogens is 1. The van der Waals surface area contributed by atoms with Crippen molar-refractivity contribution in [3.05, 3.63) is 23.9 Å². The Morgan fingerprint density at radius 1 is 1.11 bits per heavy atom. The number of aryl methyl sites for hydroxylation is 2. The predicted molar refractivity (Wildman–Crippen MR) is 78.7 cm³/mol. The Kier molecular flexibility index (Phi) is 6.68. The molecule has 1 N–H and O–H groups in total. The van der Waals surface area contributed by atoms with Crippen LogP contribution in [0.4, 0.5) is 0 Å². The molecule has 0 amide bonds. The van der Waals surface area contributed by atoms with Gasteiger partial charge < -0.3 is 9.84 Å². The van der Waals surface area contributed by atoms with Crippen LogP contribution in [0.1, 0.15) is 55.5 Å². The second kappa shape index (κ2) is 8.03. The summed E-state index contributed by atoms with van der Waals surface area (Å²) >= 11 is 0. The number of methoxy groups -OCH3 is 1. The van der Waals surface area contributed by atoms with Crippen LogP contribution in [0.25, 0.3) is 0 Å². The molecule has 0 aromatic carbocycles. The lowest BCUT2D eigenvalue weighted by Gasteiger charge is -2.13. The summed E-state index contributed by atoms with van der Waals surface area (Å²) in [5.74, 6) is 0.983. The molecule has 0 aliphatic rings. The highest BCUT2D eigenvalue weighted by atomic mass is 16.5. The van der Waals surface area contributed by atoms with Crippen molar-refractivity contribution in [3.63, 3.8) is 0 Å². The van der Waals surface area contributed by atoms with Crippen molar-refractivity contribution in [2.45, 2.75) is 58.8 Å². The number of nitrogens with zero attached hydrogens (tertiary/aromatic N) is 1. The van der Waals surface area contributed by atoms with E-state index in [9.17, 15) is 5.11 Å². The molecule has 1 aromatic heterocycles. The van der Waals surface area contributed by atoms with Gasteiger partial charge in [0.1, 0.15) is 11.5 Å². The van der Waals surface area contributed by atoms with E-state index in [4.69, 9.17) is 4.74 Å². The monoisotopic (exact) mass is 264 g/mol. The fraction of sp³-hybridized carbons (Fsp3) is 0.625. The summed E-state index contributed by atoms with van der Waals surface area (Å²) in [6, 6.07) is 0. The average Bonchev–Trinajstić information content (AvgIpc) is 2.39. The number of rotatable bonds is 8. The van der Waals surface area contributed by atoms with Crippen LogP contribution in [0.5, 0.6) is 11.5 Å². The minimum atomic E-state index is 0.292. The van der Waals surface area contributed by atoms with Crippen molar-refractivity contribution in [2.75, 3.05) is 7.11 Å². The van der Waals surface area contributed by atoms with Crippen molar-refractivity contribution in [2.24, 2.45) is 0 Å². The van der Waals surface area contributed by atoms with Gasteiger partial charge in [0.15, 0.2) is 0 Å². The zero-order valence-electron chi connectivity index (χ0n) is 12.5. The Labute approximate surface area is 117 Å². The van der Waals surface area contributed by atoms with Crippen molar-refractivity contribution >= 4 is 0 Å². The number of hydrogen-bond donors (Lipinski definition) is 1. The van der Waals surface area contributed by atoms with Gasteiger partial charge in [-0.15, -0.1) is 0 Å². The molecule has 0 aliphatic heterocycles. The van der Waals surface area contributed by atoms with E-state index in [0.717, 1.165) is 36.2 Å². The van der Waals surface area contributed by atoms with E-state index in [-0.39, 0.29) is 0 Å². The summed E-state index contributed by atoms with van der Waals surface area (Å²) in [6.07, 6.45) is 7.83. The van der Waals surface area contributed by atoms with E-state index in [1.807, 2.05) is 13.8 Å². The molecule has 3 nitrogen and oxygen atoms in total. The summed E-state index contributed by atoms with van der Waals surface area (Å²) in [6.45, 7) is 7.64. The van der Waals surface area contributed by atoms with Gasteiger partial charge in [-0.25, -0.2) is 0 Å². The van der Waals surface area contributed by atoms with E-state index in [2.05, 4.69) is 11.9 Å². The predicted octanol–water partition coefficient (Wildman–Crippen LogP) is 4.13. The topological polar surface area (TPSA) is 42.4 Å². The lowest BCUT2D eigenvalue weighted by atomic mass is 10.1. The third-order valence-electron chi connectivity index (χ3n) is 3.47.